The summed E-state index contributed by atoms with van der Waals surface area (Å²) in [5, 5.41) is 9.10. The van der Waals surface area contributed by atoms with Gasteiger partial charge in [0.15, 0.2) is 0 Å². The van der Waals surface area contributed by atoms with Crippen LogP contribution in [0.2, 0.25) is 0 Å². The Balaban J connectivity index is 2.39. The minimum atomic E-state index is -0.169. The van der Waals surface area contributed by atoms with Crippen LogP contribution in [-0.2, 0) is 22.6 Å². The van der Waals surface area contributed by atoms with E-state index in [1.165, 1.54) is 7.11 Å². The molecule has 1 heterocycles. The first-order valence-corrected chi connectivity index (χ1v) is 5.80. The number of aryl methyl sites for hydroxylation is 2. The van der Waals surface area contributed by atoms with Crippen LogP contribution in [0.4, 0.5) is 0 Å². The Hall–Kier alpha value is -1.42. The Bertz CT molecular complexity index is 377. The van der Waals surface area contributed by atoms with Crippen molar-refractivity contribution in [2.75, 3.05) is 7.11 Å². The van der Waals surface area contributed by atoms with Gasteiger partial charge in [-0.15, -0.1) is 0 Å². The summed E-state index contributed by atoms with van der Waals surface area (Å²) in [6.07, 6.45) is 2.98. The maximum Gasteiger partial charge on any atom is 0.305 e. The SMILES string of the molecule is COC(=O)CCCCc1ccc(C)c(CO)n1. The molecule has 0 aromatic carbocycles. The Morgan fingerprint density at radius 1 is 1.41 bits per heavy atom. The molecule has 0 radical (unpaired) electrons. The number of rotatable bonds is 6. The number of nitrogens with zero attached hydrogens (tertiary/aromatic N) is 1. The van der Waals surface area contributed by atoms with E-state index in [-0.39, 0.29) is 12.6 Å². The van der Waals surface area contributed by atoms with Gasteiger partial charge in [0.1, 0.15) is 0 Å². The second kappa shape index (κ2) is 7.01. The fourth-order valence-corrected chi connectivity index (χ4v) is 1.59. The number of aromatic nitrogens is 1. The van der Waals surface area contributed by atoms with E-state index in [0.29, 0.717) is 6.42 Å². The molecule has 1 rings (SSSR count). The van der Waals surface area contributed by atoms with Crippen LogP contribution in [0.25, 0.3) is 0 Å². The van der Waals surface area contributed by atoms with Gasteiger partial charge in [0.2, 0.25) is 0 Å². The molecule has 94 valence electrons. The first-order chi connectivity index (χ1) is 8.17. The van der Waals surface area contributed by atoms with E-state index in [1.807, 2.05) is 19.1 Å². The Labute approximate surface area is 102 Å². The third-order valence-electron chi connectivity index (χ3n) is 2.70. The van der Waals surface area contributed by atoms with Crippen molar-refractivity contribution in [3.63, 3.8) is 0 Å². The lowest BCUT2D eigenvalue weighted by Crippen LogP contribution is -2.01. The number of aliphatic hydroxyl groups is 1. The largest absolute Gasteiger partial charge is 0.469 e. The second-order valence-electron chi connectivity index (χ2n) is 4.01. The van der Waals surface area contributed by atoms with E-state index in [9.17, 15) is 4.79 Å². The van der Waals surface area contributed by atoms with Crippen LogP contribution in [0.5, 0.6) is 0 Å². The van der Waals surface area contributed by atoms with Crippen molar-refractivity contribution in [3.05, 3.63) is 29.1 Å². The molecule has 0 bridgehead atoms. The first kappa shape index (κ1) is 13.6. The van der Waals surface area contributed by atoms with Crippen molar-refractivity contribution in [1.82, 2.24) is 4.98 Å². The van der Waals surface area contributed by atoms with Crippen LogP contribution < -0.4 is 0 Å². The molecule has 4 heteroatoms. The highest BCUT2D eigenvalue weighted by Crippen LogP contribution is 2.10. The maximum absolute atomic E-state index is 10.9. The van der Waals surface area contributed by atoms with Gasteiger partial charge in [0.25, 0.3) is 0 Å². The summed E-state index contributed by atoms with van der Waals surface area (Å²) in [6, 6.07) is 3.93. The normalized spacial score (nSPS) is 10.3. The molecule has 0 aliphatic heterocycles. The quantitative estimate of drug-likeness (QED) is 0.605. The minimum Gasteiger partial charge on any atom is -0.469 e. The van der Waals surface area contributed by atoms with Gasteiger partial charge in [-0.3, -0.25) is 9.78 Å². The lowest BCUT2D eigenvalue weighted by molar-refractivity contribution is -0.140. The van der Waals surface area contributed by atoms with E-state index in [1.54, 1.807) is 0 Å². The number of hydrogen-bond acceptors (Lipinski definition) is 4. The first-order valence-electron chi connectivity index (χ1n) is 5.80. The summed E-state index contributed by atoms with van der Waals surface area (Å²) >= 11 is 0. The molecule has 0 saturated heterocycles. The number of unbranched alkanes of at least 4 members (excludes halogenated alkanes) is 1. The monoisotopic (exact) mass is 237 g/mol. The smallest absolute Gasteiger partial charge is 0.305 e. The summed E-state index contributed by atoms with van der Waals surface area (Å²) in [7, 11) is 1.40. The summed E-state index contributed by atoms with van der Waals surface area (Å²) in [5.41, 5.74) is 2.70. The third kappa shape index (κ3) is 4.53. The number of carbonyl (C=O) groups excluding carboxylic acids is 1. The number of carbonyl (C=O) groups is 1. The van der Waals surface area contributed by atoms with Gasteiger partial charge in [0.05, 0.1) is 19.4 Å². The highest BCUT2D eigenvalue weighted by Gasteiger charge is 2.03. The molecule has 0 amide bonds. The van der Waals surface area contributed by atoms with E-state index < -0.39 is 0 Å². The van der Waals surface area contributed by atoms with E-state index >= 15 is 0 Å². The van der Waals surface area contributed by atoms with Crippen LogP contribution in [0, 0.1) is 6.92 Å². The van der Waals surface area contributed by atoms with Crippen molar-refractivity contribution in [2.45, 2.75) is 39.2 Å². The van der Waals surface area contributed by atoms with Crippen molar-refractivity contribution in [2.24, 2.45) is 0 Å². The molecule has 0 aliphatic rings. The standard InChI is InChI=1S/C13H19NO3/c1-10-7-8-11(14-12(10)9-15)5-3-4-6-13(16)17-2/h7-8,15H,3-6,9H2,1-2H3. The zero-order chi connectivity index (χ0) is 12.7. The predicted octanol–water partition coefficient (Wildman–Crippen LogP) is 1.77. The van der Waals surface area contributed by atoms with E-state index in [2.05, 4.69) is 9.72 Å². The number of ether oxygens (including phenoxy) is 1. The van der Waals surface area contributed by atoms with Crippen molar-refractivity contribution in [1.29, 1.82) is 0 Å². The average molecular weight is 237 g/mol. The lowest BCUT2D eigenvalue weighted by Gasteiger charge is -2.05. The molecule has 1 N–H and O–H groups in total. The van der Waals surface area contributed by atoms with Gasteiger partial charge in [-0.1, -0.05) is 6.07 Å². The molecule has 1 aromatic rings. The van der Waals surface area contributed by atoms with Crippen LogP contribution >= 0.6 is 0 Å². The van der Waals surface area contributed by atoms with Crippen molar-refractivity contribution < 1.29 is 14.6 Å². The van der Waals surface area contributed by atoms with Gasteiger partial charge in [-0.05, 0) is 37.8 Å². The zero-order valence-electron chi connectivity index (χ0n) is 10.4. The van der Waals surface area contributed by atoms with Gasteiger partial charge in [-0.25, -0.2) is 0 Å². The van der Waals surface area contributed by atoms with Crippen LogP contribution in [-0.4, -0.2) is 23.2 Å². The third-order valence-corrected chi connectivity index (χ3v) is 2.70. The number of hydrogen-bond donors (Lipinski definition) is 1. The van der Waals surface area contributed by atoms with Crippen LogP contribution in [0.15, 0.2) is 12.1 Å². The number of aliphatic hydroxyl groups excluding tert-OH is 1. The number of methoxy groups -OCH3 is 1. The molecule has 0 atom stereocenters. The molecule has 0 aliphatic carbocycles. The Morgan fingerprint density at radius 3 is 2.82 bits per heavy atom. The lowest BCUT2D eigenvalue weighted by atomic mass is 10.1. The molecule has 0 spiro atoms. The van der Waals surface area contributed by atoms with Crippen molar-refractivity contribution >= 4 is 5.97 Å². The van der Waals surface area contributed by atoms with Gasteiger partial charge in [0, 0.05) is 12.1 Å². The second-order valence-corrected chi connectivity index (χ2v) is 4.01. The fraction of sp³-hybridized carbons (Fsp3) is 0.538. The summed E-state index contributed by atoms with van der Waals surface area (Å²) < 4.78 is 4.57. The van der Waals surface area contributed by atoms with Crippen molar-refractivity contribution in [3.8, 4) is 0 Å². The van der Waals surface area contributed by atoms with Gasteiger partial charge in [-0.2, -0.15) is 0 Å². The molecule has 17 heavy (non-hydrogen) atoms. The molecule has 0 fully saturated rings. The Kier molecular flexibility index (Phi) is 5.63. The van der Waals surface area contributed by atoms with Gasteiger partial charge >= 0.3 is 5.97 Å². The minimum absolute atomic E-state index is 0.0260. The highest BCUT2D eigenvalue weighted by molar-refractivity contribution is 5.68. The molecular formula is C13H19NO3. The molecule has 4 nitrogen and oxygen atoms in total. The predicted molar refractivity (Wildman–Crippen MR) is 64.5 cm³/mol. The van der Waals surface area contributed by atoms with Gasteiger partial charge < -0.3 is 9.84 Å². The fourth-order valence-electron chi connectivity index (χ4n) is 1.59. The highest BCUT2D eigenvalue weighted by atomic mass is 16.5. The number of pyridine rings is 1. The zero-order valence-corrected chi connectivity index (χ0v) is 10.4. The summed E-state index contributed by atoms with van der Waals surface area (Å²) in [5.74, 6) is -0.169. The van der Waals surface area contributed by atoms with Crippen LogP contribution in [0.1, 0.15) is 36.2 Å². The average Bonchev–Trinajstić information content (AvgIpc) is 2.36. The summed E-state index contributed by atoms with van der Waals surface area (Å²) in [4.78, 5) is 15.3. The topological polar surface area (TPSA) is 59.4 Å². The molecular weight excluding hydrogens is 218 g/mol. The molecule has 1 aromatic heterocycles. The van der Waals surface area contributed by atoms with Crippen LogP contribution in [0.3, 0.4) is 0 Å². The Morgan fingerprint density at radius 2 is 2.18 bits per heavy atom. The van der Waals surface area contributed by atoms with E-state index in [4.69, 9.17) is 5.11 Å². The molecule has 0 unspecified atom stereocenters. The summed E-state index contributed by atoms with van der Waals surface area (Å²) in [6.45, 7) is 1.90. The maximum atomic E-state index is 10.9. The molecule has 0 saturated carbocycles. The van der Waals surface area contributed by atoms with E-state index in [0.717, 1.165) is 36.2 Å². The number of esters is 1.